The molecule has 0 aliphatic carbocycles. The van der Waals surface area contributed by atoms with Gasteiger partial charge in [-0.25, -0.2) is 4.98 Å². The van der Waals surface area contributed by atoms with Gasteiger partial charge in [0, 0.05) is 12.2 Å². The number of primary amides is 1. The van der Waals surface area contributed by atoms with Gasteiger partial charge in [0.1, 0.15) is 5.69 Å². The van der Waals surface area contributed by atoms with Crippen molar-refractivity contribution in [3.05, 3.63) is 29.6 Å². The Morgan fingerprint density at radius 3 is 2.67 bits per heavy atom. The maximum absolute atomic E-state index is 11.7. The van der Waals surface area contributed by atoms with E-state index in [1.54, 1.807) is 25.1 Å². The van der Waals surface area contributed by atoms with Crippen LogP contribution < -0.4 is 11.1 Å². The number of amides is 2. The predicted molar refractivity (Wildman–Crippen MR) is 65.7 cm³/mol. The van der Waals surface area contributed by atoms with E-state index in [0.29, 0.717) is 0 Å². The molecular weight excluding hydrogens is 234 g/mol. The lowest BCUT2D eigenvalue weighted by atomic mass is 10.0. The molecule has 6 nitrogen and oxygen atoms in total. The van der Waals surface area contributed by atoms with Crippen LogP contribution >= 0.6 is 0 Å². The summed E-state index contributed by atoms with van der Waals surface area (Å²) in [5.41, 5.74) is 6.11. The summed E-state index contributed by atoms with van der Waals surface area (Å²) in [6.07, 6.45) is -0.909. The van der Waals surface area contributed by atoms with Crippen molar-refractivity contribution in [3.8, 4) is 0 Å². The van der Waals surface area contributed by atoms with Crippen molar-refractivity contribution in [2.24, 2.45) is 11.7 Å². The average molecular weight is 251 g/mol. The summed E-state index contributed by atoms with van der Waals surface area (Å²) in [6.45, 7) is 3.22. The molecule has 2 unspecified atom stereocenters. The third-order valence-electron chi connectivity index (χ3n) is 2.55. The Hall–Kier alpha value is -1.95. The van der Waals surface area contributed by atoms with Gasteiger partial charge in [-0.1, -0.05) is 6.07 Å². The summed E-state index contributed by atoms with van der Waals surface area (Å²) in [7, 11) is 0. The summed E-state index contributed by atoms with van der Waals surface area (Å²) in [5, 5.41) is 11.9. The van der Waals surface area contributed by atoms with Gasteiger partial charge < -0.3 is 16.2 Å². The average Bonchev–Trinajstić information content (AvgIpc) is 2.28. The maximum atomic E-state index is 11.7. The van der Waals surface area contributed by atoms with E-state index >= 15 is 0 Å². The number of aryl methyl sites for hydroxylation is 1. The Labute approximate surface area is 105 Å². The molecule has 98 valence electrons. The Kier molecular flexibility index (Phi) is 4.79. The first kappa shape index (κ1) is 14.1. The van der Waals surface area contributed by atoms with Crippen LogP contribution in [0.25, 0.3) is 0 Å². The molecule has 0 saturated heterocycles. The number of carbonyl (C=O) groups excluding carboxylic acids is 2. The van der Waals surface area contributed by atoms with Crippen LogP contribution in [0.2, 0.25) is 0 Å². The van der Waals surface area contributed by atoms with Gasteiger partial charge in [0.2, 0.25) is 5.91 Å². The van der Waals surface area contributed by atoms with Gasteiger partial charge in [-0.3, -0.25) is 9.59 Å². The first-order chi connectivity index (χ1) is 8.41. The number of hydrogen-bond donors (Lipinski definition) is 3. The Balaban J connectivity index is 2.63. The van der Waals surface area contributed by atoms with Gasteiger partial charge in [-0.2, -0.15) is 0 Å². The molecule has 1 heterocycles. The fourth-order valence-electron chi connectivity index (χ4n) is 1.47. The van der Waals surface area contributed by atoms with Gasteiger partial charge in [-0.05, 0) is 26.0 Å². The standard InChI is InChI=1S/C12H17N3O3/c1-7-4-3-5-10(15-7)12(18)14-6-9(8(2)16)11(13)17/h3-5,8-9,16H,6H2,1-2H3,(H2,13,17)(H,14,18). The van der Waals surface area contributed by atoms with Crippen LogP contribution in [0.5, 0.6) is 0 Å². The molecule has 0 bridgehead atoms. The maximum Gasteiger partial charge on any atom is 0.269 e. The second-order valence-electron chi connectivity index (χ2n) is 4.12. The molecule has 0 aromatic carbocycles. The Morgan fingerprint density at radius 2 is 2.17 bits per heavy atom. The number of nitrogens with one attached hydrogen (secondary N) is 1. The van der Waals surface area contributed by atoms with Gasteiger partial charge in [0.05, 0.1) is 12.0 Å². The number of nitrogens with two attached hydrogens (primary N) is 1. The second-order valence-corrected chi connectivity index (χ2v) is 4.12. The largest absolute Gasteiger partial charge is 0.393 e. The fourth-order valence-corrected chi connectivity index (χ4v) is 1.47. The first-order valence-electron chi connectivity index (χ1n) is 5.61. The number of aliphatic hydroxyl groups excluding tert-OH is 1. The van der Waals surface area contributed by atoms with E-state index in [-0.39, 0.29) is 12.2 Å². The number of hydrogen-bond acceptors (Lipinski definition) is 4. The molecule has 0 aliphatic rings. The number of aromatic nitrogens is 1. The van der Waals surface area contributed by atoms with E-state index in [4.69, 9.17) is 5.73 Å². The van der Waals surface area contributed by atoms with E-state index in [0.717, 1.165) is 5.69 Å². The Bertz CT molecular complexity index is 446. The topological polar surface area (TPSA) is 105 Å². The van der Waals surface area contributed by atoms with Crippen LogP contribution in [0, 0.1) is 12.8 Å². The van der Waals surface area contributed by atoms with E-state index < -0.39 is 23.8 Å². The monoisotopic (exact) mass is 251 g/mol. The van der Waals surface area contributed by atoms with Gasteiger partial charge >= 0.3 is 0 Å². The number of pyridine rings is 1. The number of nitrogens with zero attached hydrogens (tertiary/aromatic N) is 1. The quantitative estimate of drug-likeness (QED) is 0.662. The zero-order valence-corrected chi connectivity index (χ0v) is 10.4. The van der Waals surface area contributed by atoms with Crippen LogP contribution in [0.15, 0.2) is 18.2 Å². The van der Waals surface area contributed by atoms with Crippen molar-refractivity contribution < 1.29 is 14.7 Å². The molecule has 0 spiro atoms. The molecule has 4 N–H and O–H groups in total. The first-order valence-corrected chi connectivity index (χ1v) is 5.61. The van der Waals surface area contributed by atoms with E-state index in [1.807, 2.05) is 0 Å². The third-order valence-corrected chi connectivity index (χ3v) is 2.55. The number of aliphatic hydroxyl groups is 1. The highest BCUT2D eigenvalue weighted by Crippen LogP contribution is 2.02. The van der Waals surface area contributed by atoms with Crippen molar-refractivity contribution in [1.82, 2.24) is 10.3 Å². The minimum absolute atomic E-state index is 0.0124. The zero-order chi connectivity index (χ0) is 13.7. The van der Waals surface area contributed by atoms with Crippen LogP contribution in [0.4, 0.5) is 0 Å². The highest BCUT2D eigenvalue weighted by molar-refractivity contribution is 5.92. The smallest absolute Gasteiger partial charge is 0.269 e. The molecule has 1 aromatic rings. The van der Waals surface area contributed by atoms with Crippen molar-refractivity contribution >= 4 is 11.8 Å². The number of rotatable bonds is 5. The molecule has 0 fully saturated rings. The van der Waals surface area contributed by atoms with Crippen LogP contribution in [-0.4, -0.2) is 34.6 Å². The van der Waals surface area contributed by atoms with E-state index in [1.165, 1.54) is 6.92 Å². The summed E-state index contributed by atoms with van der Waals surface area (Å²) < 4.78 is 0. The summed E-state index contributed by atoms with van der Waals surface area (Å²) in [4.78, 5) is 26.8. The lowest BCUT2D eigenvalue weighted by molar-refractivity contribution is -0.124. The lowest BCUT2D eigenvalue weighted by Crippen LogP contribution is -2.41. The van der Waals surface area contributed by atoms with Gasteiger partial charge in [-0.15, -0.1) is 0 Å². The van der Waals surface area contributed by atoms with Crippen LogP contribution in [0.1, 0.15) is 23.1 Å². The number of carbonyl (C=O) groups is 2. The fraction of sp³-hybridized carbons (Fsp3) is 0.417. The van der Waals surface area contributed by atoms with E-state index in [2.05, 4.69) is 10.3 Å². The molecular formula is C12H17N3O3. The highest BCUT2D eigenvalue weighted by atomic mass is 16.3. The molecule has 0 aliphatic heterocycles. The lowest BCUT2D eigenvalue weighted by Gasteiger charge is -2.16. The van der Waals surface area contributed by atoms with Crippen molar-refractivity contribution in [2.45, 2.75) is 20.0 Å². The molecule has 1 rings (SSSR count). The molecule has 0 radical (unpaired) electrons. The molecule has 18 heavy (non-hydrogen) atoms. The van der Waals surface area contributed by atoms with Gasteiger partial charge in [0.15, 0.2) is 0 Å². The van der Waals surface area contributed by atoms with Crippen molar-refractivity contribution in [2.75, 3.05) is 6.54 Å². The normalized spacial score (nSPS) is 13.7. The zero-order valence-electron chi connectivity index (χ0n) is 10.4. The minimum atomic E-state index is -0.909. The molecule has 2 atom stereocenters. The highest BCUT2D eigenvalue weighted by Gasteiger charge is 2.22. The summed E-state index contributed by atoms with van der Waals surface area (Å²) in [5.74, 6) is -1.85. The van der Waals surface area contributed by atoms with Gasteiger partial charge in [0.25, 0.3) is 5.91 Å². The van der Waals surface area contributed by atoms with Crippen molar-refractivity contribution in [1.29, 1.82) is 0 Å². The van der Waals surface area contributed by atoms with E-state index in [9.17, 15) is 14.7 Å². The third kappa shape index (κ3) is 3.81. The molecule has 2 amide bonds. The predicted octanol–water partition coefficient (Wildman–Crippen LogP) is -0.398. The minimum Gasteiger partial charge on any atom is -0.393 e. The van der Waals surface area contributed by atoms with Crippen LogP contribution in [-0.2, 0) is 4.79 Å². The molecule has 0 saturated carbocycles. The SMILES string of the molecule is Cc1cccc(C(=O)NCC(C(N)=O)C(C)O)n1. The summed E-state index contributed by atoms with van der Waals surface area (Å²) >= 11 is 0. The Morgan fingerprint density at radius 1 is 1.50 bits per heavy atom. The second kappa shape index (κ2) is 6.11. The summed E-state index contributed by atoms with van der Waals surface area (Å²) in [6, 6.07) is 5.07. The van der Waals surface area contributed by atoms with Crippen LogP contribution in [0.3, 0.4) is 0 Å². The molecule has 1 aromatic heterocycles. The van der Waals surface area contributed by atoms with Crippen molar-refractivity contribution in [3.63, 3.8) is 0 Å². The molecule has 6 heteroatoms.